The maximum Gasteiger partial charge on any atom is 0.172 e. The number of likely N-dealkylation sites (N-methyl/N-ethyl adjacent to an activating group) is 1. The quantitative estimate of drug-likeness (QED) is 0.802. The first-order valence-corrected chi connectivity index (χ1v) is 5.84. The SMILES string of the molecule is COCC(=O)CN(C)Cc1ccc(Br)cc1. The fourth-order valence-corrected chi connectivity index (χ4v) is 1.73. The Morgan fingerprint density at radius 2 is 2.00 bits per heavy atom. The van der Waals surface area contributed by atoms with Crippen LogP contribution in [0.4, 0.5) is 0 Å². The van der Waals surface area contributed by atoms with Crippen molar-refractivity contribution >= 4 is 21.7 Å². The highest BCUT2D eigenvalue weighted by Gasteiger charge is 2.06. The van der Waals surface area contributed by atoms with Crippen LogP contribution < -0.4 is 0 Å². The van der Waals surface area contributed by atoms with Crippen molar-refractivity contribution in [1.82, 2.24) is 4.90 Å². The molecule has 1 rings (SSSR count). The third kappa shape index (κ3) is 4.88. The summed E-state index contributed by atoms with van der Waals surface area (Å²) in [5, 5.41) is 0. The van der Waals surface area contributed by atoms with Gasteiger partial charge in [-0.1, -0.05) is 28.1 Å². The largest absolute Gasteiger partial charge is 0.377 e. The van der Waals surface area contributed by atoms with Crippen molar-refractivity contribution in [2.75, 3.05) is 27.3 Å². The number of halogens is 1. The minimum atomic E-state index is 0.0992. The molecule has 16 heavy (non-hydrogen) atoms. The third-order valence-electron chi connectivity index (χ3n) is 2.12. The van der Waals surface area contributed by atoms with Crippen LogP contribution in [0.3, 0.4) is 0 Å². The van der Waals surface area contributed by atoms with E-state index in [-0.39, 0.29) is 12.4 Å². The van der Waals surface area contributed by atoms with Crippen molar-refractivity contribution in [3.8, 4) is 0 Å². The Hall–Kier alpha value is -0.710. The predicted octanol–water partition coefficient (Wildman–Crippen LogP) is 2.10. The van der Waals surface area contributed by atoms with Gasteiger partial charge in [-0.05, 0) is 24.7 Å². The molecule has 0 aromatic heterocycles. The van der Waals surface area contributed by atoms with Crippen LogP contribution in [0, 0.1) is 0 Å². The summed E-state index contributed by atoms with van der Waals surface area (Å²) in [6.45, 7) is 1.37. The van der Waals surface area contributed by atoms with E-state index in [0.717, 1.165) is 11.0 Å². The maximum absolute atomic E-state index is 11.3. The Morgan fingerprint density at radius 3 is 2.56 bits per heavy atom. The monoisotopic (exact) mass is 285 g/mol. The van der Waals surface area contributed by atoms with E-state index in [1.54, 1.807) is 0 Å². The maximum atomic E-state index is 11.3. The van der Waals surface area contributed by atoms with Crippen molar-refractivity contribution in [3.05, 3.63) is 34.3 Å². The van der Waals surface area contributed by atoms with Gasteiger partial charge in [-0.25, -0.2) is 0 Å². The molecule has 0 unspecified atom stereocenters. The normalized spacial score (nSPS) is 10.8. The van der Waals surface area contributed by atoms with Crippen molar-refractivity contribution < 1.29 is 9.53 Å². The molecular formula is C12H16BrNO2. The molecule has 1 aromatic carbocycles. The molecule has 0 amide bonds. The Balaban J connectivity index is 2.42. The summed E-state index contributed by atoms with van der Waals surface area (Å²) in [6.07, 6.45) is 0. The van der Waals surface area contributed by atoms with Crippen LogP contribution in [0.15, 0.2) is 28.7 Å². The molecule has 0 atom stereocenters. The van der Waals surface area contributed by atoms with Gasteiger partial charge in [0, 0.05) is 18.1 Å². The highest BCUT2D eigenvalue weighted by atomic mass is 79.9. The number of nitrogens with zero attached hydrogens (tertiary/aromatic N) is 1. The highest BCUT2D eigenvalue weighted by Crippen LogP contribution is 2.11. The lowest BCUT2D eigenvalue weighted by molar-refractivity contribution is -0.123. The van der Waals surface area contributed by atoms with Gasteiger partial charge in [0.15, 0.2) is 5.78 Å². The van der Waals surface area contributed by atoms with Gasteiger partial charge in [-0.15, -0.1) is 0 Å². The second kappa shape index (κ2) is 6.78. The summed E-state index contributed by atoms with van der Waals surface area (Å²) in [7, 11) is 3.46. The van der Waals surface area contributed by atoms with Gasteiger partial charge in [0.05, 0.1) is 6.54 Å². The van der Waals surface area contributed by atoms with Crippen molar-refractivity contribution in [1.29, 1.82) is 0 Å². The average molecular weight is 286 g/mol. The van der Waals surface area contributed by atoms with E-state index in [4.69, 9.17) is 4.74 Å². The van der Waals surface area contributed by atoms with Crippen LogP contribution in [0.5, 0.6) is 0 Å². The van der Waals surface area contributed by atoms with Crippen LogP contribution in [0.1, 0.15) is 5.56 Å². The molecule has 0 saturated carbocycles. The average Bonchev–Trinajstić information content (AvgIpc) is 2.21. The number of benzene rings is 1. The fraction of sp³-hybridized carbons (Fsp3) is 0.417. The number of rotatable bonds is 6. The molecule has 0 spiro atoms. The summed E-state index contributed by atoms with van der Waals surface area (Å²) >= 11 is 3.39. The summed E-state index contributed by atoms with van der Waals surface area (Å²) in [6, 6.07) is 8.09. The molecule has 4 heteroatoms. The standard InChI is InChI=1S/C12H16BrNO2/c1-14(8-12(15)9-16-2)7-10-3-5-11(13)6-4-10/h3-6H,7-9H2,1-2H3. The number of carbonyl (C=O) groups excluding carboxylic acids is 1. The highest BCUT2D eigenvalue weighted by molar-refractivity contribution is 9.10. The smallest absolute Gasteiger partial charge is 0.172 e. The van der Waals surface area contributed by atoms with Crippen LogP contribution in [-0.4, -0.2) is 38.0 Å². The molecule has 0 N–H and O–H groups in total. The lowest BCUT2D eigenvalue weighted by Gasteiger charge is -2.15. The van der Waals surface area contributed by atoms with Crippen LogP contribution in [0.25, 0.3) is 0 Å². The van der Waals surface area contributed by atoms with Gasteiger partial charge in [0.25, 0.3) is 0 Å². The summed E-state index contributed by atoms with van der Waals surface area (Å²) in [5.41, 5.74) is 1.19. The van der Waals surface area contributed by atoms with E-state index in [1.807, 2.05) is 36.2 Å². The molecule has 0 aliphatic heterocycles. The molecule has 3 nitrogen and oxygen atoms in total. The van der Waals surface area contributed by atoms with E-state index in [9.17, 15) is 4.79 Å². The minimum absolute atomic E-state index is 0.0992. The molecule has 0 saturated heterocycles. The minimum Gasteiger partial charge on any atom is -0.377 e. The Labute approximate surface area is 105 Å². The zero-order valence-electron chi connectivity index (χ0n) is 9.57. The second-order valence-electron chi connectivity index (χ2n) is 3.77. The van der Waals surface area contributed by atoms with Crippen molar-refractivity contribution in [2.45, 2.75) is 6.54 Å². The predicted molar refractivity (Wildman–Crippen MR) is 67.4 cm³/mol. The molecule has 88 valence electrons. The van der Waals surface area contributed by atoms with E-state index in [2.05, 4.69) is 15.9 Å². The summed E-state index contributed by atoms with van der Waals surface area (Å²) in [5.74, 6) is 0.0992. The van der Waals surface area contributed by atoms with E-state index in [1.165, 1.54) is 12.7 Å². The Bertz CT molecular complexity index is 337. The molecule has 0 bridgehead atoms. The lowest BCUT2D eigenvalue weighted by atomic mass is 10.2. The second-order valence-corrected chi connectivity index (χ2v) is 4.69. The van der Waals surface area contributed by atoms with Gasteiger partial charge < -0.3 is 4.74 Å². The topological polar surface area (TPSA) is 29.5 Å². The molecule has 0 aliphatic carbocycles. The van der Waals surface area contributed by atoms with E-state index < -0.39 is 0 Å². The lowest BCUT2D eigenvalue weighted by Crippen LogP contribution is -2.27. The van der Waals surface area contributed by atoms with Crippen LogP contribution >= 0.6 is 15.9 Å². The Morgan fingerprint density at radius 1 is 1.38 bits per heavy atom. The summed E-state index contributed by atoms with van der Waals surface area (Å²) < 4.78 is 5.85. The van der Waals surface area contributed by atoms with Gasteiger partial charge in [0.2, 0.25) is 0 Å². The first-order valence-electron chi connectivity index (χ1n) is 5.05. The number of carbonyl (C=O) groups is 1. The van der Waals surface area contributed by atoms with Crippen molar-refractivity contribution in [2.24, 2.45) is 0 Å². The van der Waals surface area contributed by atoms with Crippen LogP contribution in [0.2, 0.25) is 0 Å². The molecule has 0 fully saturated rings. The molecular weight excluding hydrogens is 270 g/mol. The first-order chi connectivity index (χ1) is 7.61. The number of hydrogen-bond acceptors (Lipinski definition) is 3. The van der Waals surface area contributed by atoms with Gasteiger partial charge >= 0.3 is 0 Å². The molecule has 0 aliphatic rings. The molecule has 1 aromatic rings. The zero-order chi connectivity index (χ0) is 12.0. The van der Waals surface area contributed by atoms with Gasteiger partial charge in [-0.3, -0.25) is 9.69 Å². The molecule has 0 radical (unpaired) electrons. The molecule has 0 heterocycles. The number of methoxy groups -OCH3 is 1. The Kier molecular flexibility index (Phi) is 5.66. The third-order valence-corrected chi connectivity index (χ3v) is 2.65. The first kappa shape index (κ1) is 13.4. The number of Topliss-reactive ketones (excluding diaryl/α,β-unsaturated/α-hetero) is 1. The summed E-state index contributed by atoms with van der Waals surface area (Å²) in [4.78, 5) is 13.3. The van der Waals surface area contributed by atoms with E-state index in [0.29, 0.717) is 6.54 Å². The zero-order valence-corrected chi connectivity index (χ0v) is 11.2. The number of hydrogen-bond donors (Lipinski definition) is 0. The number of ketones is 1. The van der Waals surface area contributed by atoms with Gasteiger partial charge in [-0.2, -0.15) is 0 Å². The van der Waals surface area contributed by atoms with E-state index >= 15 is 0 Å². The van der Waals surface area contributed by atoms with Gasteiger partial charge in [0.1, 0.15) is 6.61 Å². The fourth-order valence-electron chi connectivity index (χ4n) is 1.47. The van der Waals surface area contributed by atoms with Crippen LogP contribution in [-0.2, 0) is 16.1 Å². The van der Waals surface area contributed by atoms with Crippen molar-refractivity contribution in [3.63, 3.8) is 0 Å². The number of ether oxygens (including phenoxy) is 1.